The molecule has 0 fully saturated rings. The van der Waals surface area contributed by atoms with Gasteiger partial charge in [-0.15, -0.1) is 0 Å². The van der Waals surface area contributed by atoms with E-state index in [1.54, 1.807) is 0 Å². The van der Waals surface area contributed by atoms with Crippen molar-refractivity contribution in [2.75, 3.05) is 19.8 Å². The Morgan fingerprint density at radius 2 is 2.14 bits per heavy atom. The first-order chi connectivity index (χ1) is 6.76. The van der Waals surface area contributed by atoms with E-state index in [9.17, 15) is 4.79 Å². The highest BCUT2D eigenvalue weighted by molar-refractivity contribution is 5.80. The number of carbonyl (C=O) groups excluding carboxylic acids is 1. The maximum atomic E-state index is 11.2. The number of nitrogens with one attached hydrogen (secondary N) is 1. The average Bonchev–Trinajstić information content (AvgIpc) is 2.21. The summed E-state index contributed by atoms with van der Waals surface area (Å²) in [6.07, 6.45) is 1.10. The van der Waals surface area contributed by atoms with Gasteiger partial charge in [0, 0.05) is 6.61 Å². The summed E-state index contributed by atoms with van der Waals surface area (Å²) in [5, 5.41) is 0. The van der Waals surface area contributed by atoms with E-state index in [0.29, 0.717) is 26.2 Å². The molecule has 0 rings (SSSR count). The van der Waals surface area contributed by atoms with Crippen molar-refractivity contribution in [1.82, 2.24) is 5.43 Å². The monoisotopic (exact) mass is 204 g/mol. The Labute approximate surface area is 84.9 Å². The van der Waals surface area contributed by atoms with Crippen LogP contribution in [0.2, 0.25) is 0 Å². The molecule has 0 aromatic rings. The molecule has 0 radical (unpaired) electrons. The van der Waals surface area contributed by atoms with E-state index < -0.39 is 6.10 Å². The van der Waals surface area contributed by atoms with Gasteiger partial charge in [-0.1, -0.05) is 13.3 Å². The highest BCUT2D eigenvalue weighted by atomic mass is 16.5. The van der Waals surface area contributed by atoms with Gasteiger partial charge in [0.2, 0.25) is 0 Å². The second kappa shape index (κ2) is 8.93. The summed E-state index contributed by atoms with van der Waals surface area (Å²) < 4.78 is 10.4. The average molecular weight is 204 g/mol. The lowest BCUT2D eigenvalue weighted by molar-refractivity contribution is -0.134. The van der Waals surface area contributed by atoms with Gasteiger partial charge in [0.25, 0.3) is 5.91 Å². The Bertz CT molecular complexity index is 153. The van der Waals surface area contributed by atoms with Gasteiger partial charge in [-0.25, -0.2) is 5.84 Å². The largest absolute Gasteiger partial charge is 0.379 e. The van der Waals surface area contributed by atoms with Crippen molar-refractivity contribution in [3.63, 3.8) is 0 Å². The van der Waals surface area contributed by atoms with E-state index in [0.717, 1.165) is 6.42 Å². The minimum Gasteiger partial charge on any atom is -0.379 e. The summed E-state index contributed by atoms with van der Waals surface area (Å²) in [4.78, 5) is 11.2. The molecule has 0 bridgehead atoms. The normalized spacial score (nSPS) is 12.5. The fraction of sp³-hybridized carbons (Fsp3) is 0.889. The van der Waals surface area contributed by atoms with Crippen LogP contribution in [-0.2, 0) is 14.3 Å². The number of hydrazine groups is 1. The van der Waals surface area contributed by atoms with Gasteiger partial charge in [-0.3, -0.25) is 10.2 Å². The van der Waals surface area contributed by atoms with Crippen LogP contribution in [0.25, 0.3) is 0 Å². The molecule has 1 amide bonds. The van der Waals surface area contributed by atoms with Gasteiger partial charge in [0.15, 0.2) is 0 Å². The summed E-state index contributed by atoms with van der Waals surface area (Å²) in [5.74, 6) is 4.75. The highest BCUT2D eigenvalue weighted by Crippen LogP contribution is 2.01. The number of amides is 1. The Morgan fingerprint density at radius 1 is 1.43 bits per heavy atom. The Balaban J connectivity index is 3.67. The molecule has 0 aliphatic heterocycles. The molecule has 1 atom stereocenters. The number of hydrogen-bond donors (Lipinski definition) is 2. The minimum atomic E-state index is -0.453. The van der Waals surface area contributed by atoms with Crippen molar-refractivity contribution in [2.24, 2.45) is 5.84 Å². The molecule has 0 aliphatic carbocycles. The second-order valence-electron chi connectivity index (χ2n) is 2.85. The lowest BCUT2D eigenvalue weighted by Gasteiger charge is -2.15. The molecule has 84 valence electrons. The zero-order chi connectivity index (χ0) is 10.8. The molecule has 0 aromatic carbocycles. The van der Waals surface area contributed by atoms with Crippen molar-refractivity contribution < 1.29 is 14.3 Å². The summed E-state index contributed by atoms with van der Waals surface area (Å²) >= 11 is 0. The fourth-order valence-corrected chi connectivity index (χ4v) is 1.04. The van der Waals surface area contributed by atoms with Crippen molar-refractivity contribution in [1.29, 1.82) is 0 Å². The van der Waals surface area contributed by atoms with Crippen LogP contribution in [0.5, 0.6) is 0 Å². The van der Waals surface area contributed by atoms with E-state index in [1.807, 2.05) is 13.8 Å². The van der Waals surface area contributed by atoms with E-state index in [1.165, 1.54) is 0 Å². The third-order valence-electron chi connectivity index (χ3n) is 1.74. The number of nitrogens with two attached hydrogens (primary N) is 1. The van der Waals surface area contributed by atoms with Crippen LogP contribution >= 0.6 is 0 Å². The van der Waals surface area contributed by atoms with E-state index in [2.05, 4.69) is 5.43 Å². The van der Waals surface area contributed by atoms with Gasteiger partial charge in [-0.2, -0.15) is 0 Å². The van der Waals surface area contributed by atoms with Crippen molar-refractivity contribution in [3.8, 4) is 0 Å². The molecular formula is C9H20N2O3. The lowest BCUT2D eigenvalue weighted by atomic mass is 10.2. The van der Waals surface area contributed by atoms with E-state index >= 15 is 0 Å². The van der Waals surface area contributed by atoms with Crippen LogP contribution < -0.4 is 11.3 Å². The smallest absolute Gasteiger partial charge is 0.262 e. The fourth-order valence-electron chi connectivity index (χ4n) is 1.04. The zero-order valence-electron chi connectivity index (χ0n) is 8.91. The summed E-state index contributed by atoms with van der Waals surface area (Å²) in [5.41, 5.74) is 2.09. The predicted octanol–water partition coefficient (Wildman–Crippen LogP) is 0.198. The highest BCUT2D eigenvalue weighted by Gasteiger charge is 2.16. The minimum absolute atomic E-state index is 0.275. The molecule has 1 unspecified atom stereocenters. The Morgan fingerprint density at radius 3 is 2.64 bits per heavy atom. The van der Waals surface area contributed by atoms with Gasteiger partial charge in [-0.05, 0) is 13.3 Å². The molecule has 0 saturated heterocycles. The molecule has 0 saturated carbocycles. The van der Waals surface area contributed by atoms with Crippen LogP contribution in [0.3, 0.4) is 0 Å². The zero-order valence-corrected chi connectivity index (χ0v) is 8.91. The molecule has 0 aliphatic rings. The Hall–Kier alpha value is -0.650. The molecule has 0 aromatic heterocycles. The maximum Gasteiger partial charge on any atom is 0.262 e. The van der Waals surface area contributed by atoms with Crippen LogP contribution in [0, 0.1) is 0 Å². The summed E-state index contributed by atoms with van der Waals surface area (Å²) in [6.45, 7) is 5.49. The van der Waals surface area contributed by atoms with E-state index in [4.69, 9.17) is 15.3 Å². The van der Waals surface area contributed by atoms with Crippen LogP contribution in [-0.4, -0.2) is 31.8 Å². The first-order valence-corrected chi connectivity index (χ1v) is 4.96. The van der Waals surface area contributed by atoms with Crippen molar-refractivity contribution >= 4 is 5.91 Å². The molecule has 0 heterocycles. The Kier molecular flexibility index (Phi) is 8.51. The third-order valence-corrected chi connectivity index (χ3v) is 1.74. The van der Waals surface area contributed by atoms with Gasteiger partial charge >= 0.3 is 0 Å². The second-order valence-corrected chi connectivity index (χ2v) is 2.85. The molecule has 5 nitrogen and oxygen atoms in total. The third kappa shape index (κ3) is 5.90. The van der Waals surface area contributed by atoms with Crippen molar-refractivity contribution in [3.05, 3.63) is 0 Å². The number of ether oxygens (including phenoxy) is 2. The lowest BCUT2D eigenvalue weighted by Crippen LogP contribution is -2.40. The SMILES string of the molecule is CCCC(OCCOCC)C(=O)NN. The first-order valence-electron chi connectivity index (χ1n) is 4.96. The first kappa shape index (κ1) is 13.4. The van der Waals surface area contributed by atoms with Gasteiger partial charge < -0.3 is 9.47 Å². The maximum absolute atomic E-state index is 11.2. The molecular weight excluding hydrogens is 184 g/mol. The van der Waals surface area contributed by atoms with Gasteiger partial charge in [0.1, 0.15) is 6.10 Å². The van der Waals surface area contributed by atoms with E-state index in [-0.39, 0.29) is 5.91 Å². The summed E-state index contributed by atoms with van der Waals surface area (Å²) in [7, 11) is 0. The molecule has 14 heavy (non-hydrogen) atoms. The standard InChI is InChI=1S/C9H20N2O3/c1-3-5-8(9(12)11-10)14-7-6-13-4-2/h8H,3-7,10H2,1-2H3,(H,11,12). The number of hydrogen-bond acceptors (Lipinski definition) is 4. The quantitative estimate of drug-likeness (QED) is 0.256. The van der Waals surface area contributed by atoms with Gasteiger partial charge in [0.05, 0.1) is 13.2 Å². The van der Waals surface area contributed by atoms with Crippen molar-refractivity contribution in [2.45, 2.75) is 32.8 Å². The predicted molar refractivity (Wildman–Crippen MR) is 53.5 cm³/mol. The van der Waals surface area contributed by atoms with Crippen LogP contribution in [0.15, 0.2) is 0 Å². The number of carbonyl (C=O) groups is 1. The number of rotatable bonds is 8. The topological polar surface area (TPSA) is 73.6 Å². The molecule has 3 N–H and O–H groups in total. The molecule has 0 spiro atoms. The van der Waals surface area contributed by atoms with Crippen LogP contribution in [0.4, 0.5) is 0 Å². The van der Waals surface area contributed by atoms with Crippen LogP contribution in [0.1, 0.15) is 26.7 Å². The molecule has 5 heteroatoms. The summed E-state index contributed by atoms with van der Waals surface area (Å²) in [6, 6.07) is 0.